The highest BCUT2D eigenvalue weighted by Gasteiger charge is 2.06. The van der Waals surface area contributed by atoms with Crippen LogP contribution >= 0.6 is 0 Å². The summed E-state index contributed by atoms with van der Waals surface area (Å²) >= 11 is 0. The number of nitrogens with two attached hydrogens (primary N) is 2. The minimum Gasteiger partial charge on any atom is -0.368 e. The van der Waals surface area contributed by atoms with Gasteiger partial charge in [-0.2, -0.15) is 9.97 Å². The maximum absolute atomic E-state index is 5.57. The van der Waals surface area contributed by atoms with Crippen molar-refractivity contribution in [2.75, 3.05) is 37.1 Å². The lowest BCUT2D eigenvalue weighted by Crippen LogP contribution is -2.23. The van der Waals surface area contributed by atoms with E-state index in [1.54, 1.807) is 6.07 Å². The molecule has 1 unspecified atom stereocenters. The molecule has 0 aliphatic rings. The SMILES string of the molecule is CC(CCN(C)C)Nc1cc(NN)nc(N)n1. The number of nitrogens with zero attached hydrogens (tertiary/aromatic N) is 3. The van der Waals surface area contributed by atoms with Gasteiger partial charge in [0.05, 0.1) is 0 Å². The van der Waals surface area contributed by atoms with Crippen molar-refractivity contribution < 1.29 is 0 Å². The van der Waals surface area contributed by atoms with Crippen molar-refractivity contribution >= 4 is 17.6 Å². The Bertz CT molecular complexity index is 353. The smallest absolute Gasteiger partial charge is 0.223 e. The van der Waals surface area contributed by atoms with Gasteiger partial charge in [0, 0.05) is 12.1 Å². The average Bonchev–Trinajstić information content (AvgIpc) is 2.25. The summed E-state index contributed by atoms with van der Waals surface area (Å²) in [5, 5.41) is 3.26. The first-order valence-electron chi connectivity index (χ1n) is 5.53. The lowest BCUT2D eigenvalue weighted by molar-refractivity contribution is 0.390. The second-order valence-corrected chi connectivity index (χ2v) is 4.28. The molecule has 1 rings (SSSR count). The van der Waals surface area contributed by atoms with Gasteiger partial charge in [-0.15, -0.1) is 0 Å². The van der Waals surface area contributed by atoms with E-state index in [4.69, 9.17) is 11.6 Å². The Morgan fingerprint density at radius 2 is 2.00 bits per heavy atom. The summed E-state index contributed by atoms with van der Waals surface area (Å²) < 4.78 is 0. The Balaban J connectivity index is 2.58. The Hall–Kier alpha value is -1.60. The van der Waals surface area contributed by atoms with E-state index >= 15 is 0 Å². The summed E-state index contributed by atoms with van der Waals surface area (Å²) in [4.78, 5) is 10.1. The normalized spacial score (nSPS) is 12.5. The number of nitrogens with one attached hydrogen (secondary N) is 2. The predicted molar refractivity (Wildman–Crippen MR) is 70.5 cm³/mol. The van der Waals surface area contributed by atoms with Gasteiger partial charge in [-0.05, 0) is 34.0 Å². The quantitative estimate of drug-likeness (QED) is 0.412. The third-order valence-electron chi connectivity index (χ3n) is 2.29. The largest absolute Gasteiger partial charge is 0.368 e. The van der Waals surface area contributed by atoms with Crippen LogP contribution in [-0.2, 0) is 0 Å². The number of aromatic nitrogens is 2. The first-order valence-corrected chi connectivity index (χ1v) is 5.53. The van der Waals surface area contributed by atoms with Crippen LogP contribution in [-0.4, -0.2) is 41.5 Å². The van der Waals surface area contributed by atoms with Gasteiger partial charge in [-0.1, -0.05) is 0 Å². The highest BCUT2D eigenvalue weighted by atomic mass is 15.3. The number of nitrogen functional groups attached to an aromatic ring is 2. The van der Waals surface area contributed by atoms with Crippen LogP contribution in [0.5, 0.6) is 0 Å². The van der Waals surface area contributed by atoms with Gasteiger partial charge >= 0.3 is 0 Å². The van der Waals surface area contributed by atoms with E-state index in [1.165, 1.54) is 0 Å². The zero-order valence-corrected chi connectivity index (χ0v) is 10.6. The molecule has 7 nitrogen and oxygen atoms in total. The second-order valence-electron chi connectivity index (χ2n) is 4.28. The van der Waals surface area contributed by atoms with E-state index in [0.29, 0.717) is 17.7 Å². The fraction of sp³-hybridized carbons (Fsp3) is 0.600. The third kappa shape index (κ3) is 4.83. The number of hydrazine groups is 1. The fourth-order valence-corrected chi connectivity index (χ4v) is 1.39. The van der Waals surface area contributed by atoms with Gasteiger partial charge in [0.25, 0.3) is 0 Å². The van der Waals surface area contributed by atoms with E-state index in [1.807, 2.05) is 14.1 Å². The minimum absolute atomic E-state index is 0.197. The number of anilines is 3. The zero-order valence-electron chi connectivity index (χ0n) is 10.6. The van der Waals surface area contributed by atoms with Crippen molar-refractivity contribution in [1.82, 2.24) is 14.9 Å². The Kier molecular flexibility index (Phi) is 4.92. The maximum Gasteiger partial charge on any atom is 0.223 e. The van der Waals surface area contributed by atoms with Gasteiger partial charge in [-0.3, -0.25) is 0 Å². The number of hydrogen-bond donors (Lipinski definition) is 4. The van der Waals surface area contributed by atoms with Gasteiger partial charge in [0.2, 0.25) is 5.95 Å². The molecule has 0 fully saturated rings. The maximum atomic E-state index is 5.57. The van der Waals surface area contributed by atoms with Crippen molar-refractivity contribution in [3.05, 3.63) is 6.07 Å². The highest BCUT2D eigenvalue weighted by molar-refractivity contribution is 5.50. The second kappa shape index (κ2) is 6.21. The van der Waals surface area contributed by atoms with Gasteiger partial charge in [0.1, 0.15) is 11.6 Å². The van der Waals surface area contributed by atoms with E-state index < -0.39 is 0 Å². The molecule has 6 N–H and O–H groups in total. The molecule has 17 heavy (non-hydrogen) atoms. The van der Waals surface area contributed by atoms with Gasteiger partial charge in [0.15, 0.2) is 0 Å². The van der Waals surface area contributed by atoms with Gasteiger partial charge in [-0.25, -0.2) is 5.84 Å². The molecule has 0 spiro atoms. The summed E-state index contributed by atoms with van der Waals surface area (Å²) in [5.74, 6) is 6.66. The molecule has 1 atom stereocenters. The molecule has 1 heterocycles. The van der Waals surface area contributed by atoms with Crippen molar-refractivity contribution in [2.24, 2.45) is 5.84 Å². The lowest BCUT2D eigenvalue weighted by atomic mass is 10.2. The average molecular weight is 239 g/mol. The zero-order chi connectivity index (χ0) is 12.8. The highest BCUT2D eigenvalue weighted by Crippen LogP contribution is 2.13. The lowest BCUT2D eigenvalue weighted by Gasteiger charge is -2.17. The summed E-state index contributed by atoms with van der Waals surface area (Å²) in [6, 6.07) is 2.03. The van der Waals surface area contributed by atoms with Crippen molar-refractivity contribution in [3.8, 4) is 0 Å². The molecule has 0 saturated carbocycles. The van der Waals surface area contributed by atoms with Crippen LogP contribution in [0, 0.1) is 0 Å². The molecule has 96 valence electrons. The van der Waals surface area contributed by atoms with Crippen LogP contribution in [0.1, 0.15) is 13.3 Å². The van der Waals surface area contributed by atoms with E-state index in [9.17, 15) is 0 Å². The third-order valence-corrected chi connectivity index (χ3v) is 2.29. The molecular weight excluding hydrogens is 218 g/mol. The van der Waals surface area contributed by atoms with Crippen LogP contribution < -0.4 is 22.3 Å². The minimum atomic E-state index is 0.197. The number of hydrogen-bond acceptors (Lipinski definition) is 7. The number of rotatable bonds is 6. The first kappa shape index (κ1) is 13.5. The van der Waals surface area contributed by atoms with E-state index in [0.717, 1.165) is 13.0 Å². The molecule has 1 aromatic heterocycles. The van der Waals surface area contributed by atoms with Crippen LogP contribution in [0.4, 0.5) is 17.6 Å². The molecule has 0 aliphatic heterocycles. The van der Waals surface area contributed by atoms with Crippen LogP contribution in [0.2, 0.25) is 0 Å². The molecule has 0 saturated heterocycles. The van der Waals surface area contributed by atoms with Crippen molar-refractivity contribution in [2.45, 2.75) is 19.4 Å². The summed E-state index contributed by atoms with van der Waals surface area (Å²) in [6.07, 6.45) is 1.02. The first-order chi connectivity index (χ1) is 8.01. The fourth-order valence-electron chi connectivity index (χ4n) is 1.39. The molecule has 1 aromatic rings. The van der Waals surface area contributed by atoms with E-state index in [2.05, 4.69) is 32.5 Å². The summed E-state index contributed by atoms with van der Waals surface area (Å²) in [7, 11) is 4.09. The Labute approximate surface area is 102 Å². The molecule has 0 aromatic carbocycles. The standard InChI is InChI=1S/C10H21N7/c1-7(4-5-17(2)3)13-8-6-9(16-12)15-10(11)14-8/h6-7H,4-5,12H2,1-3H3,(H4,11,13,14,15,16). The van der Waals surface area contributed by atoms with Crippen LogP contribution in [0.25, 0.3) is 0 Å². The Morgan fingerprint density at radius 1 is 1.35 bits per heavy atom. The molecule has 7 heteroatoms. The van der Waals surface area contributed by atoms with Crippen molar-refractivity contribution in [1.29, 1.82) is 0 Å². The Morgan fingerprint density at radius 3 is 2.59 bits per heavy atom. The van der Waals surface area contributed by atoms with Crippen molar-refractivity contribution in [3.63, 3.8) is 0 Å². The molecular formula is C10H21N7. The summed E-state index contributed by atoms with van der Waals surface area (Å²) in [5.41, 5.74) is 8.02. The molecule has 0 radical (unpaired) electrons. The van der Waals surface area contributed by atoms with E-state index in [-0.39, 0.29) is 5.95 Å². The predicted octanol–water partition coefficient (Wildman–Crippen LogP) is 0.0965. The molecule has 0 amide bonds. The van der Waals surface area contributed by atoms with Crippen LogP contribution in [0.15, 0.2) is 6.07 Å². The molecule has 0 bridgehead atoms. The van der Waals surface area contributed by atoms with Crippen LogP contribution in [0.3, 0.4) is 0 Å². The topological polar surface area (TPSA) is 105 Å². The summed E-state index contributed by atoms with van der Waals surface area (Å²) in [6.45, 7) is 3.11. The van der Waals surface area contributed by atoms with Gasteiger partial charge < -0.3 is 21.4 Å². The molecule has 0 aliphatic carbocycles. The monoisotopic (exact) mass is 239 g/mol.